The van der Waals surface area contributed by atoms with E-state index in [1.165, 1.54) is 0 Å². The Labute approximate surface area is 103 Å². The van der Waals surface area contributed by atoms with Gasteiger partial charge in [0.05, 0.1) is 13.2 Å². The van der Waals surface area contributed by atoms with Gasteiger partial charge in [-0.15, -0.1) is 0 Å². The number of hydrogen-bond acceptors (Lipinski definition) is 3. The van der Waals surface area contributed by atoms with Gasteiger partial charge < -0.3 is 14.6 Å². The Bertz CT molecular complexity index is 340. The normalized spacial score (nSPS) is 10.4. The highest BCUT2D eigenvalue weighted by atomic mass is 16.5. The van der Waals surface area contributed by atoms with E-state index < -0.39 is 0 Å². The molecule has 0 spiro atoms. The second kappa shape index (κ2) is 6.38. The topological polar surface area (TPSA) is 38.7 Å². The summed E-state index contributed by atoms with van der Waals surface area (Å²) >= 11 is 0. The lowest BCUT2D eigenvalue weighted by Gasteiger charge is -2.15. The highest BCUT2D eigenvalue weighted by Crippen LogP contribution is 2.38. The molecule has 0 radical (unpaired) electrons. The molecule has 0 unspecified atom stereocenters. The van der Waals surface area contributed by atoms with Crippen molar-refractivity contribution in [3.05, 3.63) is 17.2 Å². The van der Waals surface area contributed by atoms with Gasteiger partial charge in [-0.3, -0.25) is 0 Å². The van der Waals surface area contributed by atoms with E-state index in [0.717, 1.165) is 29.7 Å². The molecule has 1 N–H and O–H groups in total. The third kappa shape index (κ3) is 3.29. The van der Waals surface area contributed by atoms with Crippen molar-refractivity contribution in [1.29, 1.82) is 0 Å². The van der Waals surface area contributed by atoms with Crippen molar-refractivity contribution in [1.82, 2.24) is 0 Å². The van der Waals surface area contributed by atoms with Crippen LogP contribution in [0.25, 0.3) is 0 Å². The van der Waals surface area contributed by atoms with Crippen molar-refractivity contribution in [2.75, 3.05) is 13.2 Å². The van der Waals surface area contributed by atoms with Crippen LogP contribution < -0.4 is 9.47 Å². The molecule has 0 aliphatic carbocycles. The predicted molar refractivity (Wildman–Crippen MR) is 69.2 cm³/mol. The average molecular weight is 238 g/mol. The summed E-state index contributed by atoms with van der Waals surface area (Å²) in [5, 5.41) is 9.97. The Morgan fingerprint density at radius 2 is 1.47 bits per heavy atom. The molecule has 96 valence electrons. The third-order valence-corrected chi connectivity index (χ3v) is 2.71. The molecule has 3 nitrogen and oxygen atoms in total. The molecule has 3 heteroatoms. The number of aromatic hydroxyl groups is 1. The minimum Gasteiger partial charge on any atom is -0.504 e. The first-order chi connectivity index (χ1) is 8.11. The number of phenolic OH excluding ortho intramolecular Hbond substituents is 1. The number of hydrogen-bond donors (Lipinski definition) is 1. The molecule has 0 aliphatic rings. The predicted octanol–water partition coefficient (Wildman–Crippen LogP) is 3.59. The highest BCUT2D eigenvalue weighted by Gasteiger charge is 2.13. The molecule has 1 aromatic rings. The quantitative estimate of drug-likeness (QED) is 0.823. The van der Waals surface area contributed by atoms with Crippen LogP contribution in [-0.4, -0.2) is 18.3 Å². The van der Waals surface area contributed by atoms with Crippen molar-refractivity contribution < 1.29 is 14.6 Å². The van der Waals surface area contributed by atoms with Gasteiger partial charge in [-0.1, -0.05) is 13.8 Å². The van der Waals surface area contributed by atoms with Gasteiger partial charge in [-0.25, -0.2) is 0 Å². The molecule has 0 heterocycles. The lowest BCUT2D eigenvalue weighted by molar-refractivity contribution is 0.287. The van der Waals surface area contributed by atoms with Gasteiger partial charge in [0, 0.05) is 11.6 Å². The van der Waals surface area contributed by atoms with E-state index in [0.29, 0.717) is 19.0 Å². The second-order valence-corrected chi connectivity index (χ2v) is 4.17. The van der Waals surface area contributed by atoms with Crippen molar-refractivity contribution in [2.24, 2.45) is 0 Å². The van der Waals surface area contributed by atoms with E-state index in [2.05, 4.69) is 6.92 Å². The third-order valence-electron chi connectivity index (χ3n) is 2.71. The Hall–Kier alpha value is -1.38. The summed E-state index contributed by atoms with van der Waals surface area (Å²) in [5.74, 6) is 1.54. The molecule has 0 atom stereocenters. The zero-order valence-corrected chi connectivity index (χ0v) is 11.2. The molecule has 0 amide bonds. The van der Waals surface area contributed by atoms with Gasteiger partial charge in [0.15, 0.2) is 11.5 Å². The first kappa shape index (κ1) is 13.7. The Morgan fingerprint density at radius 1 is 0.941 bits per heavy atom. The molecule has 0 saturated heterocycles. The summed E-state index contributed by atoms with van der Waals surface area (Å²) < 4.78 is 11.2. The second-order valence-electron chi connectivity index (χ2n) is 4.17. The lowest BCUT2D eigenvalue weighted by Crippen LogP contribution is -2.01. The number of benzene rings is 1. The smallest absolute Gasteiger partial charge is 0.164 e. The number of ether oxygens (including phenoxy) is 2. The minimum atomic E-state index is 0.222. The van der Waals surface area contributed by atoms with Gasteiger partial charge >= 0.3 is 0 Å². The molecular weight excluding hydrogens is 216 g/mol. The minimum absolute atomic E-state index is 0.222. The average Bonchev–Trinajstić information content (AvgIpc) is 2.34. The first-order valence-corrected chi connectivity index (χ1v) is 6.20. The van der Waals surface area contributed by atoms with Gasteiger partial charge in [0.2, 0.25) is 0 Å². The van der Waals surface area contributed by atoms with Gasteiger partial charge in [-0.05, 0) is 32.3 Å². The summed E-state index contributed by atoms with van der Waals surface area (Å²) in [6, 6.07) is 1.78. The molecular formula is C14H22O3. The van der Waals surface area contributed by atoms with Gasteiger partial charge in [0.25, 0.3) is 0 Å². The van der Waals surface area contributed by atoms with E-state index in [-0.39, 0.29) is 5.75 Å². The number of rotatable bonds is 6. The van der Waals surface area contributed by atoms with Crippen LogP contribution in [0, 0.1) is 13.8 Å². The Balaban J connectivity index is 3.01. The number of phenols is 1. The van der Waals surface area contributed by atoms with E-state index >= 15 is 0 Å². The molecule has 0 fully saturated rings. The molecule has 0 aliphatic heterocycles. The van der Waals surface area contributed by atoms with Crippen LogP contribution in [0.5, 0.6) is 17.2 Å². The zero-order chi connectivity index (χ0) is 12.8. The Kier molecular flexibility index (Phi) is 5.13. The van der Waals surface area contributed by atoms with Gasteiger partial charge in [-0.2, -0.15) is 0 Å². The van der Waals surface area contributed by atoms with E-state index in [9.17, 15) is 5.11 Å². The van der Waals surface area contributed by atoms with Crippen LogP contribution >= 0.6 is 0 Å². The van der Waals surface area contributed by atoms with Crippen molar-refractivity contribution in [2.45, 2.75) is 40.5 Å². The van der Waals surface area contributed by atoms with Crippen molar-refractivity contribution in [3.63, 3.8) is 0 Å². The maximum absolute atomic E-state index is 9.97. The molecule has 0 bridgehead atoms. The van der Waals surface area contributed by atoms with Crippen LogP contribution in [0.3, 0.4) is 0 Å². The van der Waals surface area contributed by atoms with Crippen molar-refractivity contribution >= 4 is 0 Å². The summed E-state index contributed by atoms with van der Waals surface area (Å²) in [4.78, 5) is 0. The van der Waals surface area contributed by atoms with Crippen LogP contribution in [0.15, 0.2) is 6.07 Å². The first-order valence-electron chi connectivity index (χ1n) is 6.20. The fourth-order valence-corrected chi connectivity index (χ4v) is 1.53. The fraction of sp³-hybridized carbons (Fsp3) is 0.571. The molecule has 17 heavy (non-hydrogen) atoms. The van der Waals surface area contributed by atoms with Crippen LogP contribution in [0.2, 0.25) is 0 Å². The SMILES string of the molecule is CCCOc1cc(OCCC)c(O)c(C)c1C. The van der Waals surface area contributed by atoms with Crippen LogP contribution in [-0.2, 0) is 0 Å². The maximum Gasteiger partial charge on any atom is 0.164 e. The standard InChI is InChI=1S/C14H22O3/c1-5-7-16-12-9-13(17-8-6-2)14(15)11(4)10(12)3/h9,15H,5-8H2,1-4H3. The maximum atomic E-state index is 9.97. The molecule has 0 aromatic heterocycles. The van der Waals surface area contributed by atoms with Crippen LogP contribution in [0.4, 0.5) is 0 Å². The largest absolute Gasteiger partial charge is 0.504 e. The van der Waals surface area contributed by atoms with E-state index in [1.54, 1.807) is 6.07 Å². The highest BCUT2D eigenvalue weighted by molar-refractivity contribution is 5.55. The van der Waals surface area contributed by atoms with Crippen LogP contribution in [0.1, 0.15) is 37.8 Å². The molecule has 1 aromatic carbocycles. The zero-order valence-electron chi connectivity index (χ0n) is 11.2. The summed E-state index contributed by atoms with van der Waals surface area (Å²) in [7, 11) is 0. The lowest BCUT2D eigenvalue weighted by atomic mass is 10.1. The summed E-state index contributed by atoms with van der Waals surface area (Å²) in [5.41, 5.74) is 1.80. The summed E-state index contributed by atoms with van der Waals surface area (Å²) in [6.07, 6.45) is 1.88. The Morgan fingerprint density at radius 3 is 2.00 bits per heavy atom. The fourth-order valence-electron chi connectivity index (χ4n) is 1.53. The summed E-state index contributed by atoms with van der Waals surface area (Å²) in [6.45, 7) is 9.21. The van der Waals surface area contributed by atoms with Gasteiger partial charge in [0.1, 0.15) is 5.75 Å². The van der Waals surface area contributed by atoms with Crippen molar-refractivity contribution in [3.8, 4) is 17.2 Å². The molecule has 1 rings (SSSR count). The monoisotopic (exact) mass is 238 g/mol. The van der Waals surface area contributed by atoms with E-state index in [1.807, 2.05) is 20.8 Å². The van der Waals surface area contributed by atoms with E-state index in [4.69, 9.17) is 9.47 Å². The molecule has 0 saturated carbocycles.